The third kappa shape index (κ3) is 4.14. The first-order chi connectivity index (χ1) is 12.8. The lowest BCUT2D eigenvalue weighted by molar-refractivity contribution is -0.119. The number of amides is 1. The molecule has 2 heterocycles. The molecule has 138 valence electrons. The molecule has 0 radical (unpaired) electrons. The highest BCUT2D eigenvalue weighted by atomic mass is 16.5. The zero-order valence-electron chi connectivity index (χ0n) is 15.0. The zero-order chi connectivity index (χ0) is 19.6. The number of aryl methyl sites for hydroxylation is 2. The number of aromatic nitrogens is 4. The predicted octanol–water partition coefficient (Wildman–Crippen LogP) is 1.74. The van der Waals surface area contributed by atoms with Crippen LogP contribution < -0.4 is 5.32 Å². The van der Waals surface area contributed by atoms with E-state index in [1.165, 1.54) is 11.4 Å². The Morgan fingerprint density at radius 2 is 1.93 bits per heavy atom. The minimum atomic E-state index is -0.829. The summed E-state index contributed by atoms with van der Waals surface area (Å²) in [5.41, 5.74) is 2.42. The van der Waals surface area contributed by atoms with Gasteiger partial charge in [0, 0.05) is 22.6 Å². The third-order valence-corrected chi connectivity index (χ3v) is 3.69. The van der Waals surface area contributed by atoms with Crippen LogP contribution >= 0.6 is 0 Å². The summed E-state index contributed by atoms with van der Waals surface area (Å²) in [6, 6.07) is 8.27. The van der Waals surface area contributed by atoms with Crippen molar-refractivity contribution in [3.05, 3.63) is 53.1 Å². The molecule has 0 saturated carbocycles. The second kappa shape index (κ2) is 7.32. The van der Waals surface area contributed by atoms with Gasteiger partial charge in [-0.2, -0.15) is 4.98 Å². The molecule has 0 atom stereocenters. The van der Waals surface area contributed by atoms with E-state index in [-0.39, 0.29) is 17.4 Å². The fourth-order valence-corrected chi connectivity index (χ4v) is 2.46. The number of Topliss-reactive ketones (excluding diaryl/α,β-unsaturated/α-hetero) is 1. The molecule has 0 bridgehead atoms. The summed E-state index contributed by atoms with van der Waals surface area (Å²) in [5, 5.41) is 6.61. The Morgan fingerprint density at radius 3 is 2.67 bits per heavy atom. The Balaban J connectivity index is 1.63. The standard InChI is InChI=1S/C18H17N5O4/c1-10-7-11(2)23-18(19-10)21-16(22-23)17(26)27-9-15(25)20-14-6-4-5-13(8-14)12(3)24/h4-8H,9H2,1-3H3,(H,20,25). The summed E-state index contributed by atoms with van der Waals surface area (Å²) < 4.78 is 6.38. The molecule has 3 aromatic rings. The lowest BCUT2D eigenvalue weighted by Crippen LogP contribution is -2.21. The molecule has 0 aliphatic heterocycles. The van der Waals surface area contributed by atoms with E-state index in [4.69, 9.17) is 4.74 Å². The number of nitrogens with one attached hydrogen (secondary N) is 1. The molecular weight excluding hydrogens is 350 g/mol. The average Bonchev–Trinajstić information content (AvgIpc) is 3.04. The summed E-state index contributed by atoms with van der Waals surface area (Å²) in [7, 11) is 0. The van der Waals surface area contributed by atoms with E-state index < -0.39 is 18.5 Å². The van der Waals surface area contributed by atoms with E-state index in [1.807, 2.05) is 13.8 Å². The van der Waals surface area contributed by atoms with E-state index in [0.29, 0.717) is 11.3 Å². The molecular formula is C18H17N5O4. The lowest BCUT2D eigenvalue weighted by atomic mass is 10.1. The number of carbonyl (C=O) groups is 3. The van der Waals surface area contributed by atoms with Crippen LogP contribution in [-0.4, -0.2) is 43.8 Å². The molecule has 2 aromatic heterocycles. The largest absolute Gasteiger partial charge is 0.450 e. The predicted molar refractivity (Wildman–Crippen MR) is 95.6 cm³/mol. The first-order valence-electron chi connectivity index (χ1n) is 8.12. The molecule has 1 N–H and O–H groups in total. The van der Waals surface area contributed by atoms with Crippen molar-refractivity contribution >= 4 is 29.1 Å². The van der Waals surface area contributed by atoms with Gasteiger partial charge in [0.25, 0.3) is 17.5 Å². The number of rotatable bonds is 5. The van der Waals surface area contributed by atoms with E-state index >= 15 is 0 Å². The minimum Gasteiger partial charge on any atom is -0.450 e. The third-order valence-electron chi connectivity index (χ3n) is 3.69. The van der Waals surface area contributed by atoms with Crippen molar-refractivity contribution in [3.63, 3.8) is 0 Å². The Hall–Kier alpha value is -3.62. The number of nitrogens with zero attached hydrogens (tertiary/aromatic N) is 4. The number of carbonyl (C=O) groups excluding carboxylic acids is 3. The molecule has 1 aromatic carbocycles. The topological polar surface area (TPSA) is 116 Å². The number of fused-ring (bicyclic) bond motifs is 1. The molecule has 9 heteroatoms. The van der Waals surface area contributed by atoms with Crippen molar-refractivity contribution in [3.8, 4) is 0 Å². The molecule has 0 saturated heterocycles. The van der Waals surface area contributed by atoms with Crippen LogP contribution in [-0.2, 0) is 9.53 Å². The van der Waals surface area contributed by atoms with Crippen molar-refractivity contribution in [1.29, 1.82) is 0 Å². The highest BCUT2D eigenvalue weighted by Crippen LogP contribution is 2.11. The number of esters is 1. The molecule has 9 nitrogen and oxygen atoms in total. The van der Waals surface area contributed by atoms with Crippen molar-refractivity contribution in [1.82, 2.24) is 19.6 Å². The van der Waals surface area contributed by atoms with Gasteiger partial charge >= 0.3 is 5.97 Å². The van der Waals surface area contributed by atoms with Crippen molar-refractivity contribution in [2.24, 2.45) is 0 Å². The van der Waals surface area contributed by atoms with Crippen LogP contribution in [0.3, 0.4) is 0 Å². The van der Waals surface area contributed by atoms with Crippen LogP contribution in [0.25, 0.3) is 5.78 Å². The highest BCUT2D eigenvalue weighted by molar-refractivity contribution is 5.98. The van der Waals surface area contributed by atoms with Gasteiger partial charge in [-0.3, -0.25) is 9.59 Å². The number of anilines is 1. The Morgan fingerprint density at radius 1 is 1.15 bits per heavy atom. The van der Waals surface area contributed by atoms with E-state index in [2.05, 4.69) is 20.4 Å². The average molecular weight is 367 g/mol. The van der Waals surface area contributed by atoms with E-state index in [1.54, 1.807) is 30.3 Å². The highest BCUT2D eigenvalue weighted by Gasteiger charge is 2.18. The lowest BCUT2D eigenvalue weighted by Gasteiger charge is -2.06. The molecule has 0 aliphatic carbocycles. The summed E-state index contributed by atoms with van der Waals surface area (Å²) in [5.74, 6) is -1.38. The van der Waals surface area contributed by atoms with E-state index in [0.717, 1.165) is 11.4 Å². The van der Waals surface area contributed by atoms with E-state index in [9.17, 15) is 14.4 Å². The number of hydrogen-bond donors (Lipinski definition) is 1. The van der Waals surface area contributed by atoms with Crippen molar-refractivity contribution in [2.75, 3.05) is 11.9 Å². The molecule has 0 aliphatic rings. The monoisotopic (exact) mass is 367 g/mol. The summed E-state index contributed by atoms with van der Waals surface area (Å²) in [6.07, 6.45) is 0. The van der Waals surface area contributed by atoms with Gasteiger partial charge in [0.15, 0.2) is 12.4 Å². The number of hydrogen-bond acceptors (Lipinski definition) is 7. The second-order valence-electron chi connectivity index (χ2n) is 5.95. The second-order valence-corrected chi connectivity index (χ2v) is 5.95. The number of ether oxygens (including phenoxy) is 1. The first-order valence-corrected chi connectivity index (χ1v) is 8.12. The molecule has 27 heavy (non-hydrogen) atoms. The smallest absolute Gasteiger partial charge is 0.378 e. The summed E-state index contributed by atoms with van der Waals surface area (Å²) >= 11 is 0. The van der Waals surface area contributed by atoms with Crippen LogP contribution in [0.1, 0.15) is 39.3 Å². The molecule has 3 rings (SSSR count). The van der Waals surface area contributed by atoms with Gasteiger partial charge in [0.1, 0.15) is 0 Å². The van der Waals surface area contributed by atoms with Gasteiger partial charge < -0.3 is 10.1 Å². The number of ketones is 1. The van der Waals surface area contributed by atoms with Gasteiger partial charge in [-0.25, -0.2) is 14.3 Å². The van der Waals surface area contributed by atoms with Crippen LogP contribution in [0.2, 0.25) is 0 Å². The molecule has 0 fully saturated rings. The minimum absolute atomic E-state index is 0.116. The van der Waals surface area contributed by atoms with Crippen molar-refractivity contribution < 1.29 is 19.1 Å². The Kier molecular flexibility index (Phi) is 4.93. The maximum Gasteiger partial charge on any atom is 0.378 e. The zero-order valence-corrected chi connectivity index (χ0v) is 15.0. The quantitative estimate of drug-likeness (QED) is 0.539. The van der Waals surface area contributed by atoms with Crippen LogP contribution in [0.4, 0.5) is 5.69 Å². The Labute approximate surface area is 154 Å². The fraction of sp³-hybridized carbons (Fsp3) is 0.222. The Bertz CT molecular complexity index is 1060. The maximum atomic E-state index is 12.1. The first kappa shape index (κ1) is 18.2. The summed E-state index contributed by atoms with van der Waals surface area (Å²) in [6.45, 7) is 4.55. The van der Waals surface area contributed by atoms with Gasteiger partial charge in [-0.15, -0.1) is 5.10 Å². The molecule has 1 amide bonds. The molecule has 0 spiro atoms. The van der Waals surface area contributed by atoms with Crippen molar-refractivity contribution in [2.45, 2.75) is 20.8 Å². The van der Waals surface area contributed by atoms with Gasteiger partial charge in [-0.1, -0.05) is 12.1 Å². The maximum absolute atomic E-state index is 12.1. The normalized spacial score (nSPS) is 10.6. The summed E-state index contributed by atoms with van der Waals surface area (Å²) in [4.78, 5) is 43.6. The fourth-order valence-electron chi connectivity index (χ4n) is 2.46. The van der Waals surface area contributed by atoms with Crippen LogP contribution in [0.15, 0.2) is 30.3 Å². The van der Waals surface area contributed by atoms with Crippen LogP contribution in [0, 0.1) is 13.8 Å². The van der Waals surface area contributed by atoms with Gasteiger partial charge in [0.05, 0.1) is 0 Å². The van der Waals surface area contributed by atoms with Crippen LogP contribution in [0.5, 0.6) is 0 Å². The van der Waals surface area contributed by atoms with Gasteiger partial charge in [-0.05, 0) is 39.0 Å². The molecule has 0 unspecified atom stereocenters. The SMILES string of the molecule is CC(=O)c1cccc(NC(=O)COC(=O)c2nc3nc(C)cc(C)n3n2)c1. The number of benzene rings is 1. The van der Waals surface area contributed by atoms with Gasteiger partial charge in [0.2, 0.25) is 0 Å².